The van der Waals surface area contributed by atoms with Crippen LogP contribution in [0.15, 0.2) is 18.2 Å². The first-order chi connectivity index (χ1) is 8.61. The summed E-state index contributed by atoms with van der Waals surface area (Å²) in [4.78, 5) is 12.2. The second kappa shape index (κ2) is 5.42. The molecule has 1 unspecified atom stereocenters. The maximum atomic E-state index is 12.2. The molecule has 1 aromatic rings. The van der Waals surface area contributed by atoms with Gasteiger partial charge in [0.25, 0.3) is 5.91 Å². The Balaban J connectivity index is 2.09. The molecule has 1 aliphatic rings. The molecule has 0 saturated heterocycles. The number of rotatable bonds is 4. The number of nitrogens with one attached hydrogen (secondary N) is 2. The molecule has 1 atom stereocenters. The number of carbonyl (C=O) groups is 1. The Morgan fingerprint density at radius 1 is 1.44 bits per heavy atom. The molecule has 1 aromatic carbocycles. The fraction of sp³-hybridized carbons (Fsp3) is 0.533. The highest BCUT2D eigenvalue weighted by Crippen LogP contribution is 2.23. The van der Waals surface area contributed by atoms with E-state index in [1.54, 1.807) is 0 Å². The second-order valence-corrected chi connectivity index (χ2v) is 5.28. The SMILES string of the molecule is CCC(NC(=O)c1ccc2c(c1)NCC2)C(C)C. The van der Waals surface area contributed by atoms with Gasteiger partial charge < -0.3 is 10.6 Å². The number of benzene rings is 1. The van der Waals surface area contributed by atoms with Gasteiger partial charge in [0.2, 0.25) is 0 Å². The lowest BCUT2D eigenvalue weighted by Crippen LogP contribution is -2.38. The van der Waals surface area contributed by atoms with E-state index in [1.165, 1.54) is 5.56 Å². The van der Waals surface area contributed by atoms with E-state index in [0.29, 0.717) is 5.92 Å². The number of anilines is 1. The van der Waals surface area contributed by atoms with Crippen molar-refractivity contribution >= 4 is 11.6 Å². The van der Waals surface area contributed by atoms with Crippen molar-refractivity contribution in [3.8, 4) is 0 Å². The van der Waals surface area contributed by atoms with E-state index < -0.39 is 0 Å². The normalized spacial score (nSPS) is 15.1. The van der Waals surface area contributed by atoms with Gasteiger partial charge in [-0.2, -0.15) is 0 Å². The van der Waals surface area contributed by atoms with E-state index >= 15 is 0 Å². The Bertz CT molecular complexity index is 440. The molecule has 0 bridgehead atoms. The van der Waals surface area contributed by atoms with E-state index in [0.717, 1.165) is 30.6 Å². The van der Waals surface area contributed by atoms with E-state index in [1.807, 2.05) is 12.1 Å². The van der Waals surface area contributed by atoms with Gasteiger partial charge >= 0.3 is 0 Å². The molecule has 0 saturated carbocycles. The lowest BCUT2D eigenvalue weighted by molar-refractivity contribution is 0.0924. The fourth-order valence-electron chi connectivity index (χ4n) is 2.42. The van der Waals surface area contributed by atoms with Crippen LogP contribution in [0.3, 0.4) is 0 Å². The number of fused-ring (bicyclic) bond motifs is 1. The molecule has 98 valence electrons. The molecular formula is C15H22N2O. The van der Waals surface area contributed by atoms with Crippen LogP contribution >= 0.6 is 0 Å². The average molecular weight is 246 g/mol. The van der Waals surface area contributed by atoms with Crippen LogP contribution in [-0.2, 0) is 6.42 Å². The number of amides is 1. The van der Waals surface area contributed by atoms with Crippen molar-refractivity contribution in [2.45, 2.75) is 39.7 Å². The van der Waals surface area contributed by atoms with Crippen LogP contribution < -0.4 is 10.6 Å². The quantitative estimate of drug-likeness (QED) is 0.857. The van der Waals surface area contributed by atoms with Crippen molar-refractivity contribution in [3.05, 3.63) is 29.3 Å². The van der Waals surface area contributed by atoms with Crippen LogP contribution in [0.4, 0.5) is 5.69 Å². The zero-order valence-corrected chi connectivity index (χ0v) is 11.4. The highest BCUT2D eigenvalue weighted by molar-refractivity contribution is 5.95. The molecule has 2 rings (SSSR count). The Labute approximate surface area is 109 Å². The topological polar surface area (TPSA) is 41.1 Å². The van der Waals surface area contributed by atoms with Gasteiger partial charge in [-0.25, -0.2) is 0 Å². The van der Waals surface area contributed by atoms with Gasteiger partial charge in [-0.05, 0) is 36.5 Å². The zero-order chi connectivity index (χ0) is 13.1. The van der Waals surface area contributed by atoms with Gasteiger partial charge in [0.1, 0.15) is 0 Å². The van der Waals surface area contributed by atoms with Crippen LogP contribution in [0.25, 0.3) is 0 Å². The van der Waals surface area contributed by atoms with Crippen molar-refractivity contribution < 1.29 is 4.79 Å². The Morgan fingerprint density at radius 2 is 2.22 bits per heavy atom. The summed E-state index contributed by atoms with van der Waals surface area (Å²) in [6, 6.07) is 6.19. The molecule has 0 spiro atoms. The number of hydrogen-bond donors (Lipinski definition) is 2. The summed E-state index contributed by atoms with van der Waals surface area (Å²) in [7, 11) is 0. The molecule has 0 aromatic heterocycles. The van der Waals surface area contributed by atoms with E-state index in [2.05, 4.69) is 37.5 Å². The van der Waals surface area contributed by atoms with Crippen LogP contribution in [0, 0.1) is 5.92 Å². The molecule has 0 radical (unpaired) electrons. The summed E-state index contributed by atoms with van der Waals surface area (Å²) >= 11 is 0. The molecule has 3 heteroatoms. The Hall–Kier alpha value is -1.51. The van der Waals surface area contributed by atoms with Crippen LogP contribution in [0.2, 0.25) is 0 Å². The summed E-state index contributed by atoms with van der Waals surface area (Å²) in [5, 5.41) is 6.41. The number of hydrogen-bond acceptors (Lipinski definition) is 2. The van der Waals surface area contributed by atoms with Gasteiger partial charge in [-0.15, -0.1) is 0 Å². The summed E-state index contributed by atoms with van der Waals surface area (Å²) in [6.45, 7) is 7.36. The lowest BCUT2D eigenvalue weighted by Gasteiger charge is -2.20. The molecular weight excluding hydrogens is 224 g/mol. The van der Waals surface area contributed by atoms with E-state index in [4.69, 9.17) is 0 Å². The van der Waals surface area contributed by atoms with Gasteiger partial charge in [0.15, 0.2) is 0 Å². The minimum atomic E-state index is 0.0343. The third kappa shape index (κ3) is 2.66. The monoisotopic (exact) mass is 246 g/mol. The van der Waals surface area contributed by atoms with Gasteiger partial charge in [0.05, 0.1) is 0 Å². The predicted molar refractivity (Wildman–Crippen MR) is 75.0 cm³/mol. The maximum absolute atomic E-state index is 12.2. The molecule has 3 nitrogen and oxygen atoms in total. The summed E-state index contributed by atoms with van der Waals surface area (Å²) in [5.41, 5.74) is 3.17. The van der Waals surface area contributed by atoms with Crippen molar-refractivity contribution in [2.75, 3.05) is 11.9 Å². The summed E-state index contributed by atoms with van der Waals surface area (Å²) in [6.07, 6.45) is 2.02. The standard InChI is InChI=1S/C15H22N2O/c1-4-13(10(2)3)17-15(18)12-6-5-11-7-8-16-14(11)9-12/h5-6,9-10,13,16H,4,7-8H2,1-3H3,(H,17,18). The van der Waals surface area contributed by atoms with Crippen LogP contribution in [0.5, 0.6) is 0 Å². The summed E-state index contributed by atoms with van der Waals surface area (Å²) < 4.78 is 0. The third-order valence-corrected chi connectivity index (χ3v) is 3.64. The van der Waals surface area contributed by atoms with Crippen molar-refractivity contribution in [2.24, 2.45) is 5.92 Å². The van der Waals surface area contributed by atoms with Crippen LogP contribution in [-0.4, -0.2) is 18.5 Å². The van der Waals surface area contributed by atoms with Gasteiger partial charge in [0, 0.05) is 23.8 Å². The van der Waals surface area contributed by atoms with E-state index in [9.17, 15) is 4.79 Å². The number of carbonyl (C=O) groups excluding carboxylic acids is 1. The third-order valence-electron chi connectivity index (χ3n) is 3.64. The molecule has 0 fully saturated rings. The first-order valence-electron chi connectivity index (χ1n) is 6.79. The highest BCUT2D eigenvalue weighted by Gasteiger charge is 2.17. The minimum absolute atomic E-state index is 0.0343. The Kier molecular flexibility index (Phi) is 3.90. The molecule has 18 heavy (non-hydrogen) atoms. The van der Waals surface area contributed by atoms with Crippen molar-refractivity contribution in [3.63, 3.8) is 0 Å². The predicted octanol–water partition coefficient (Wildman–Crippen LogP) is 2.82. The van der Waals surface area contributed by atoms with E-state index in [-0.39, 0.29) is 11.9 Å². The zero-order valence-electron chi connectivity index (χ0n) is 11.4. The molecule has 1 aliphatic heterocycles. The Morgan fingerprint density at radius 3 is 2.89 bits per heavy atom. The largest absolute Gasteiger partial charge is 0.384 e. The molecule has 1 heterocycles. The molecule has 1 amide bonds. The fourth-order valence-corrected chi connectivity index (χ4v) is 2.42. The first-order valence-corrected chi connectivity index (χ1v) is 6.79. The maximum Gasteiger partial charge on any atom is 0.251 e. The molecule has 0 aliphatic carbocycles. The highest BCUT2D eigenvalue weighted by atomic mass is 16.1. The molecule has 2 N–H and O–H groups in total. The first kappa shape index (κ1) is 12.9. The van der Waals surface area contributed by atoms with Gasteiger partial charge in [-0.1, -0.05) is 26.8 Å². The van der Waals surface area contributed by atoms with Crippen LogP contribution in [0.1, 0.15) is 43.1 Å². The smallest absolute Gasteiger partial charge is 0.251 e. The van der Waals surface area contributed by atoms with Crippen molar-refractivity contribution in [1.82, 2.24) is 5.32 Å². The lowest BCUT2D eigenvalue weighted by atomic mass is 10.0. The van der Waals surface area contributed by atoms with Gasteiger partial charge in [-0.3, -0.25) is 4.79 Å². The minimum Gasteiger partial charge on any atom is -0.384 e. The second-order valence-electron chi connectivity index (χ2n) is 5.28. The van der Waals surface area contributed by atoms with Crippen molar-refractivity contribution in [1.29, 1.82) is 0 Å². The summed E-state index contributed by atoms with van der Waals surface area (Å²) in [5.74, 6) is 0.499. The average Bonchev–Trinajstić information content (AvgIpc) is 2.82.